The predicted molar refractivity (Wildman–Crippen MR) is 99.8 cm³/mol. The molecule has 1 aromatic rings. The van der Waals surface area contributed by atoms with E-state index >= 15 is 0 Å². The maximum Gasteiger partial charge on any atom is 0.0406 e. The molecule has 1 spiro atoms. The lowest BCUT2D eigenvalue weighted by Crippen LogP contribution is -2.33. The highest BCUT2D eigenvalue weighted by Crippen LogP contribution is 2.53. The van der Waals surface area contributed by atoms with E-state index in [2.05, 4.69) is 38.2 Å². The molecule has 0 aliphatic heterocycles. The largest absolute Gasteiger partial charge is 0.310 e. The lowest BCUT2D eigenvalue weighted by atomic mass is 9.63. The highest BCUT2D eigenvalue weighted by Gasteiger charge is 2.43. The summed E-state index contributed by atoms with van der Waals surface area (Å²) in [6.07, 6.45) is 9.95. The zero-order valence-corrected chi connectivity index (χ0v) is 15.8. The SMILES string of the molecule is CC(C)(C)C1CCC2(CCC(NCc3ccc(Cl)cc3)C2)CC1. The van der Waals surface area contributed by atoms with Crippen LogP contribution in [0.5, 0.6) is 0 Å². The van der Waals surface area contributed by atoms with Gasteiger partial charge in [0.15, 0.2) is 0 Å². The van der Waals surface area contributed by atoms with Crippen molar-refractivity contribution in [2.45, 2.75) is 78.3 Å². The van der Waals surface area contributed by atoms with Crippen molar-refractivity contribution in [1.82, 2.24) is 5.32 Å². The fourth-order valence-electron chi connectivity index (χ4n) is 4.80. The van der Waals surface area contributed by atoms with E-state index in [0.29, 0.717) is 16.9 Å². The summed E-state index contributed by atoms with van der Waals surface area (Å²) < 4.78 is 0. The van der Waals surface area contributed by atoms with Crippen molar-refractivity contribution >= 4 is 11.6 Å². The summed E-state index contributed by atoms with van der Waals surface area (Å²) in [4.78, 5) is 0. The average molecular weight is 334 g/mol. The molecule has 1 N–H and O–H groups in total. The summed E-state index contributed by atoms with van der Waals surface area (Å²) >= 11 is 5.96. The number of hydrogen-bond donors (Lipinski definition) is 1. The molecule has 2 aliphatic carbocycles. The summed E-state index contributed by atoms with van der Waals surface area (Å²) in [6, 6.07) is 8.95. The van der Waals surface area contributed by atoms with Crippen molar-refractivity contribution in [3.05, 3.63) is 34.9 Å². The molecular formula is C21H32ClN. The van der Waals surface area contributed by atoms with Crippen LogP contribution in [0.2, 0.25) is 5.02 Å². The summed E-state index contributed by atoms with van der Waals surface area (Å²) in [5.41, 5.74) is 2.48. The van der Waals surface area contributed by atoms with Gasteiger partial charge in [-0.3, -0.25) is 0 Å². The first-order chi connectivity index (χ1) is 10.9. The van der Waals surface area contributed by atoms with Gasteiger partial charge in [0.05, 0.1) is 0 Å². The number of hydrogen-bond acceptors (Lipinski definition) is 1. The lowest BCUT2D eigenvalue weighted by molar-refractivity contribution is 0.0899. The van der Waals surface area contributed by atoms with Crippen LogP contribution in [-0.2, 0) is 6.54 Å². The minimum atomic E-state index is 0.493. The first-order valence-corrected chi connectivity index (χ1v) is 9.72. The van der Waals surface area contributed by atoms with E-state index in [9.17, 15) is 0 Å². The van der Waals surface area contributed by atoms with Crippen molar-refractivity contribution in [2.24, 2.45) is 16.7 Å². The first-order valence-electron chi connectivity index (χ1n) is 9.34. The van der Waals surface area contributed by atoms with Crippen LogP contribution >= 0.6 is 11.6 Å². The van der Waals surface area contributed by atoms with Crippen molar-refractivity contribution in [2.75, 3.05) is 0 Å². The fraction of sp³-hybridized carbons (Fsp3) is 0.714. The molecule has 0 bridgehead atoms. The van der Waals surface area contributed by atoms with Crippen LogP contribution in [0.4, 0.5) is 0 Å². The van der Waals surface area contributed by atoms with Gasteiger partial charge in [0.25, 0.3) is 0 Å². The zero-order chi connectivity index (χ0) is 16.5. The van der Waals surface area contributed by atoms with Gasteiger partial charge in [0, 0.05) is 17.6 Å². The van der Waals surface area contributed by atoms with Crippen LogP contribution in [-0.4, -0.2) is 6.04 Å². The van der Waals surface area contributed by atoms with Crippen molar-refractivity contribution in [1.29, 1.82) is 0 Å². The topological polar surface area (TPSA) is 12.0 Å². The van der Waals surface area contributed by atoms with Crippen LogP contribution in [0.15, 0.2) is 24.3 Å². The third-order valence-corrected chi connectivity index (χ3v) is 6.73. The highest BCUT2D eigenvalue weighted by molar-refractivity contribution is 6.30. The molecule has 0 radical (unpaired) electrons. The van der Waals surface area contributed by atoms with E-state index in [1.165, 1.54) is 50.5 Å². The van der Waals surface area contributed by atoms with Gasteiger partial charge in [-0.2, -0.15) is 0 Å². The van der Waals surface area contributed by atoms with E-state index in [-0.39, 0.29) is 0 Å². The zero-order valence-electron chi connectivity index (χ0n) is 15.0. The predicted octanol–water partition coefficient (Wildman–Crippen LogP) is 6.20. The molecule has 1 nitrogen and oxygen atoms in total. The Balaban J connectivity index is 1.48. The van der Waals surface area contributed by atoms with Gasteiger partial charge >= 0.3 is 0 Å². The van der Waals surface area contributed by atoms with Crippen LogP contribution in [0.1, 0.15) is 71.3 Å². The highest BCUT2D eigenvalue weighted by atomic mass is 35.5. The molecule has 3 rings (SSSR count). The molecule has 0 saturated heterocycles. The van der Waals surface area contributed by atoms with Crippen molar-refractivity contribution in [3.63, 3.8) is 0 Å². The van der Waals surface area contributed by atoms with E-state index in [0.717, 1.165) is 17.5 Å². The monoisotopic (exact) mass is 333 g/mol. The van der Waals surface area contributed by atoms with Crippen LogP contribution in [0, 0.1) is 16.7 Å². The Morgan fingerprint density at radius 3 is 2.26 bits per heavy atom. The number of benzene rings is 1. The second-order valence-corrected chi connectivity index (χ2v) is 9.52. The molecule has 0 aromatic heterocycles. The summed E-state index contributed by atoms with van der Waals surface area (Å²) in [5, 5.41) is 4.61. The summed E-state index contributed by atoms with van der Waals surface area (Å²) in [6.45, 7) is 8.23. The van der Waals surface area contributed by atoms with Crippen molar-refractivity contribution in [3.8, 4) is 0 Å². The normalized spacial score (nSPS) is 31.7. The quantitative estimate of drug-likeness (QED) is 0.693. The fourth-order valence-corrected chi connectivity index (χ4v) is 4.92. The third-order valence-electron chi connectivity index (χ3n) is 6.48. The van der Waals surface area contributed by atoms with Crippen LogP contribution in [0.3, 0.4) is 0 Å². The minimum Gasteiger partial charge on any atom is -0.310 e. The molecular weight excluding hydrogens is 302 g/mol. The maximum absolute atomic E-state index is 5.96. The first kappa shape index (κ1) is 17.3. The number of rotatable bonds is 3. The Morgan fingerprint density at radius 1 is 1.04 bits per heavy atom. The Bertz CT molecular complexity index is 506. The summed E-state index contributed by atoms with van der Waals surface area (Å²) in [5.74, 6) is 0.925. The molecule has 2 aliphatic rings. The van der Waals surface area contributed by atoms with Gasteiger partial charge in [0.1, 0.15) is 0 Å². The second kappa shape index (κ2) is 6.76. The standard InChI is InChI=1S/C21H32ClN/c1-20(2,3)17-8-11-21(12-9-17)13-10-19(14-21)23-15-16-4-6-18(22)7-5-16/h4-7,17,19,23H,8-15H2,1-3H3. The van der Waals surface area contributed by atoms with Gasteiger partial charge in [-0.15, -0.1) is 0 Å². The molecule has 1 aromatic carbocycles. The molecule has 0 heterocycles. The molecule has 2 fully saturated rings. The van der Waals surface area contributed by atoms with Crippen molar-refractivity contribution < 1.29 is 0 Å². The molecule has 0 amide bonds. The Kier molecular flexibility index (Phi) is 5.09. The van der Waals surface area contributed by atoms with E-state index in [1.807, 2.05) is 12.1 Å². The Labute approximate surface area is 147 Å². The molecule has 2 heteroatoms. The molecule has 1 unspecified atom stereocenters. The smallest absolute Gasteiger partial charge is 0.0406 e. The minimum absolute atomic E-state index is 0.493. The van der Waals surface area contributed by atoms with E-state index in [1.54, 1.807) is 0 Å². The lowest BCUT2D eigenvalue weighted by Gasteiger charge is -2.42. The number of halogens is 1. The van der Waals surface area contributed by atoms with Gasteiger partial charge in [-0.1, -0.05) is 44.5 Å². The number of nitrogens with one attached hydrogen (secondary N) is 1. The van der Waals surface area contributed by atoms with Crippen LogP contribution in [0.25, 0.3) is 0 Å². The van der Waals surface area contributed by atoms with Gasteiger partial charge in [0.2, 0.25) is 0 Å². The molecule has 23 heavy (non-hydrogen) atoms. The molecule has 1 atom stereocenters. The third kappa shape index (κ3) is 4.31. The Morgan fingerprint density at radius 2 is 1.65 bits per heavy atom. The van der Waals surface area contributed by atoms with Crippen LogP contribution < -0.4 is 5.32 Å². The molecule has 2 saturated carbocycles. The van der Waals surface area contributed by atoms with E-state index < -0.39 is 0 Å². The van der Waals surface area contributed by atoms with Gasteiger partial charge in [-0.25, -0.2) is 0 Å². The molecule has 128 valence electrons. The second-order valence-electron chi connectivity index (χ2n) is 9.09. The van der Waals surface area contributed by atoms with Gasteiger partial charge < -0.3 is 5.32 Å². The Hall–Kier alpha value is -0.530. The van der Waals surface area contributed by atoms with E-state index in [4.69, 9.17) is 11.6 Å². The average Bonchev–Trinajstić information content (AvgIpc) is 2.89. The van der Waals surface area contributed by atoms with Gasteiger partial charge in [-0.05, 0) is 79.4 Å². The summed E-state index contributed by atoms with van der Waals surface area (Å²) in [7, 11) is 0. The maximum atomic E-state index is 5.96.